The minimum absolute atomic E-state index is 0.0476. The quantitative estimate of drug-likeness (QED) is 0.799. The van der Waals surface area contributed by atoms with E-state index in [1.807, 2.05) is 4.90 Å². The van der Waals surface area contributed by atoms with Crippen molar-refractivity contribution in [3.8, 4) is 6.07 Å². The van der Waals surface area contributed by atoms with Crippen molar-refractivity contribution in [2.75, 3.05) is 30.3 Å². The number of anilines is 1. The maximum absolute atomic E-state index is 12.9. The summed E-state index contributed by atoms with van der Waals surface area (Å²) in [5.74, 6) is 0.192. The summed E-state index contributed by atoms with van der Waals surface area (Å²) in [6.45, 7) is 1.64. The van der Waals surface area contributed by atoms with Gasteiger partial charge in [-0.1, -0.05) is 0 Å². The number of nitrogens with zero attached hydrogens (tertiary/aromatic N) is 3. The Morgan fingerprint density at radius 1 is 1.16 bits per heavy atom. The van der Waals surface area contributed by atoms with Crippen LogP contribution in [0.25, 0.3) is 0 Å². The van der Waals surface area contributed by atoms with Gasteiger partial charge >= 0.3 is 6.18 Å². The van der Waals surface area contributed by atoms with E-state index in [0.29, 0.717) is 44.6 Å². The monoisotopic (exact) mass is 373 g/mol. The van der Waals surface area contributed by atoms with Crippen LogP contribution in [0.4, 0.5) is 18.9 Å². The molecule has 9 heteroatoms. The first-order valence-electron chi connectivity index (χ1n) is 8.08. The number of halogens is 3. The van der Waals surface area contributed by atoms with Crippen LogP contribution in [-0.4, -0.2) is 44.2 Å². The van der Waals surface area contributed by atoms with Gasteiger partial charge in [0.1, 0.15) is 0 Å². The topological polar surface area (TPSA) is 64.4 Å². The van der Waals surface area contributed by atoms with Crippen molar-refractivity contribution < 1.29 is 21.6 Å². The van der Waals surface area contributed by atoms with Gasteiger partial charge in [-0.05, 0) is 37.5 Å². The Balaban J connectivity index is 1.72. The van der Waals surface area contributed by atoms with E-state index in [9.17, 15) is 21.6 Å². The zero-order valence-electron chi connectivity index (χ0n) is 13.5. The molecule has 25 heavy (non-hydrogen) atoms. The van der Waals surface area contributed by atoms with Gasteiger partial charge in [-0.2, -0.15) is 22.7 Å². The third kappa shape index (κ3) is 3.60. The third-order valence-electron chi connectivity index (χ3n) is 4.80. The zero-order valence-corrected chi connectivity index (χ0v) is 14.3. The van der Waals surface area contributed by atoms with Gasteiger partial charge in [0.2, 0.25) is 10.0 Å². The van der Waals surface area contributed by atoms with Crippen molar-refractivity contribution in [3.63, 3.8) is 0 Å². The highest BCUT2D eigenvalue weighted by atomic mass is 32.2. The number of hydrogen-bond acceptors (Lipinski definition) is 4. The molecule has 2 aliphatic heterocycles. The Morgan fingerprint density at radius 3 is 2.36 bits per heavy atom. The molecule has 5 nitrogen and oxygen atoms in total. The predicted molar refractivity (Wildman–Crippen MR) is 86.5 cm³/mol. The summed E-state index contributed by atoms with van der Waals surface area (Å²) in [5, 5.41) is 9.01. The maximum atomic E-state index is 12.9. The third-order valence-corrected chi connectivity index (χ3v) is 6.80. The van der Waals surface area contributed by atoms with Crippen LogP contribution in [0.5, 0.6) is 0 Å². The number of hydrogen-bond donors (Lipinski definition) is 0. The van der Waals surface area contributed by atoms with Crippen LogP contribution in [0.2, 0.25) is 0 Å². The number of sulfonamides is 1. The summed E-state index contributed by atoms with van der Waals surface area (Å²) in [4.78, 5) is 1.90. The number of rotatable bonds is 2. The van der Waals surface area contributed by atoms with Gasteiger partial charge in [-0.25, -0.2) is 8.42 Å². The van der Waals surface area contributed by atoms with E-state index in [1.165, 1.54) is 12.1 Å². The fraction of sp³-hybridized carbons (Fsp3) is 0.562. The van der Waals surface area contributed by atoms with Crippen LogP contribution in [0.3, 0.4) is 0 Å². The van der Waals surface area contributed by atoms with Crippen molar-refractivity contribution >= 4 is 15.7 Å². The number of benzene rings is 1. The van der Waals surface area contributed by atoms with Gasteiger partial charge in [-0.15, -0.1) is 0 Å². The van der Waals surface area contributed by atoms with Gasteiger partial charge < -0.3 is 4.90 Å². The predicted octanol–water partition coefficient (Wildman–Crippen LogP) is 2.58. The first kappa shape index (κ1) is 18.0. The van der Waals surface area contributed by atoms with Gasteiger partial charge in [0.05, 0.1) is 22.9 Å². The molecule has 2 saturated heterocycles. The van der Waals surface area contributed by atoms with E-state index < -0.39 is 27.3 Å². The Kier molecular flexibility index (Phi) is 4.68. The van der Waals surface area contributed by atoms with Crippen LogP contribution in [0, 0.1) is 11.3 Å². The largest absolute Gasteiger partial charge is 0.417 e. The summed E-state index contributed by atoms with van der Waals surface area (Å²) >= 11 is 0. The van der Waals surface area contributed by atoms with E-state index >= 15 is 0 Å². The Morgan fingerprint density at radius 2 is 1.84 bits per heavy atom. The van der Waals surface area contributed by atoms with Crippen LogP contribution >= 0.6 is 0 Å². The Bertz CT molecular complexity index is 794. The maximum Gasteiger partial charge on any atom is 0.417 e. The van der Waals surface area contributed by atoms with E-state index in [0.717, 1.165) is 6.07 Å². The minimum atomic E-state index is -4.55. The molecule has 2 fully saturated rings. The molecular formula is C16H18F3N3O2S. The van der Waals surface area contributed by atoms with Crippen molar-refractivity contribution in [1.29, 1.82) is 5.26 Å². The fourth-order valence-corrected chi connectivity index (χ4v) is 5.35. The Hall–Kier alpha value is -1.79. The molecule has 0 bridgehead atoms. The van der Waals surface area contributed by atoms with E-state index in [1.54, 1.807) is 10.4 Å². The summed E-state index contributed by atoms with van der Waals surface area (Å²) in [7, 11) is -3.15. The van der Waals surface area contributed by atoms with Crippen LogP contribution in [-0.2, 0) is 16.2 Å². The van der Waals surface area contributed by atoms with Gasteiger partial charge in [0.25, 0.3) is 0 Å². The lowest BCUT2D eigenvalue weighted by atomic mass is 10.0. The first-order chi connectivity index (χ1) is 11.7. The first-order valence-corrected chi connectivity index (χ1v) is 9.69. The second kappa shape index (κ2) is 6.50. The SMILES string of the molecule is N#Cc1cc(N2CCC(N3CCCS3(=O)=O)CC2)ccc1C(F)(F)F. The highest BCUT2D eigenvalue weighted by Crippen LogP contribution is 2.34. The van der Waals surface area contributed by atoms with Crippen LogP contribution in [0.15, 0.2) is 18.2 Å². The van der Waals surface area contributed by atoms with Crippen molar-refractivity contribution in [1.82, 2.24) is 4.31 Å². The number of alkyl halides is 3. The average molecular weight is 373 g/mol. The number of nitriles is 1. The molecule has 2 heterocycles. The van der Waals surface area contributed by atoms with E-state index in [-0.39, 0.29) is 11.8 Å². The summed E-state index contributed by atoms with van der Waals surface area (Å²) in [5.41, 5.74) is -0.765. The molecule has 0 saturated carbocycles. The lowest BCUT2D eigenvalue weighted by molar-refractivity contribution is -0.137. The molecule has 0 atom stereocenters. The number of piperidine rings is 1. The molecule has 0 radical (unpaired) electrons. The lowest BCUT2D eigenvalue weighted by Crippen LogP contribution is -2.45. The lowest BCUT2D eigenvalue weighted by Gasteiger charge is -2.37. The van der Waals surface area contributed by atoms with E-state index in [4.69, 9.17) is 5.26 Å². The smallest absolute Gasteiger partial charge is 0.371 e. The van der Waals surface area contributed by atoms with Gasteiger partial charge in [0, 0.05) is 31.4 Å². The molecule has 2 aliphatic rings. The van der Waals surface area contributed by atoms with Crippen molar-refractivity contribution in [2.24, 2.45) is 0 Å². The molecule has 1 aromatic carbocycles. The van der Waals surface area contributed by atoms with Crippen LogP contribution in [0.1, 0.15) is 30.4 Å². The second-order valence-electron chi connectivity index (χ2n) is 6.34. The highest BCUT2D eigenvalue weighted by molar-refractivity contribution is 7.89. The molecule has 0 spiro atoms. The summed E-state index contributed by atoms with van der Waals surface area (Å²) in [6, 6.07) is 5.13. The molecule has 1 aromatic rings. The fourth-order valence-electron chi connectivity index (χ4n) is 3.55. The summed E-state index contributed by atoms with van der Waals surface area (Å²) in [6.07, 6.45) is -2.65. The highest BCUT2D eigenvalue weighted by Gasteiger charge is 2.37. The molecule has 0 unspecified atom stereocenters. The molecular weight excluding hydrogens is 355 g/mol. The van der Waals surface area contributed by atoms with Crippen molar-refractivity contribution in [2.45, 2.75) is 31.5 Å². The van der Waals surface area contributed by atoms with Gasteiger partial charge in [-0.3, -0.25) is 0 Å². The van der Waals surface area contributed by atoms with Crippen molar-refractivity contribution in [3.05, 3.63) is 29.3 Å². The molecule has 0 N–H and O–H groups in total. The minimum Gasteiger partial charge on any atom is -0.371 e. The molecule has 0 aliphatic carbocycles. The molecule has 0 aromatic heterocycles. The average Bonchev–Trinajstić information content (AvgIpc) is 2.93. The second-order valence-corrected chi connectivity index (χ2v) is 8.38. The standard InChI is InChI=1S/C16H18F3N3O2S/c17-16(18,19)15-3-2-14(10-12(15)11-20)21-7-4-13(5-8-21)22-6-1-9-25(22,23)24/h2-3,10,13H,1,4-9H2. The molecule has 136 valence electrons. The molecule has 0 amide bonds. The Labute approximate surface area is 144 Å². The normalized spacial score (nSPS) is 22.1. The van der Waals surface area contributed by atoms with Crippen LogP contribution < -0.4 is 4.90 Å². The zero-order chi connectivity index (χ0) is 18.2. The summed E-state index contributed by atoms with van der Waals surface area (Å²) < 4.78 is 64.2. The van der Waals surface area contributed by atoms with Gasteiger partial charge in [0.15, 0.2) is 0 Å². The van der Waals surface area contributed by atoms with E-state index in [2.05, 4.69) is 0 Å². The molecule has 3 rings (SSSR count).